The molecule has 9 heteroatoms. The normalized spacial score (nSPS) is 19.4. The van der Waals surface area contributed by atoms with E-state index in [-0.39, 0.29) is 23.0 Å². The van der Waals surface area contributed by atoms with Gasteiger partial charge in [-0.15, -0.1) is 0 Å². The predicted octanol–water partition coefficient (Wildman–Crippen LogP) is 7.31. The Labute approximate surface area is 273 Å². The monoisotopic (exact) mass is 623 g/mol. The van der Waals surface area contributed by atoms with Crippen molar-refractivity contribution >= 4 is 11.5 Å². The summed E-state index contributed by atoms with van der Waals surface area (Å²) in [5.74, 6) is 2.10. The van der Waals surface area contributed by atoms with Gasteiger partial charge in [-0.2, -0.15) is 0 Å². The van der Waals surface area contributed by atoms with Crippen LogP contribution in [0.4, 0.5) is 0 Å². The third-order valence-electron chi connectivity index (χ3n) is 9.59. The number of Topliss-reactive ketones (excluding diaryl/α,β-unsaturated/α-hetero) is 1. The van der Waals surface area contributed by atoms with Crippen LogP contribution in [-0.4, -0.2) is 55.1 Å². The molecule has 3 aromatic rings. The van der Waals surface area contributed by atoms with Crippen LogP contribution in [0.1, 0.15) is 116 Å². The van der Waals surface area contributed by atoms with Gasteiger partial charge in [-0.25, -0.2) is 19.9 Å². The molecule has 4 heterocycles. The first-order valence-corrected chi connectivity index (χ1v) is 16.7. The zero-order valence-electron chi connectivity index (χ0n) is 28.8. The number of rotatable bonds is 11. The Kier molecular flexibility index (Phi) is 10.4. The van der Waals surface area contributed by atoms with Gasteiger partial charge < -0.3 is 4.74 Å². The van der Waals surface area contributed by atoms with Crippen molar-refractivity contribution in [3.05, 3.63) is 64.9 Å². The molecule has 1 aliphatic heterocycles. The average Bonchev–Trinajstić information content (AvgIpc) is 3.38. The number of ether oxygens (including phenoxy) is 1. The van der Waals surface area contributed by atoms with Crippen molar-refractivity contribution in [1.29, 1.82) is 0 Å². The highest BCUT2D eigenvalue weighted by atomic mass is 16.5. The van der Waals surface area contributed by atoms with Crippen molar-refractivity contribution in [3.8, 4) is 17.3 Å². The van der Waals surface area contributed by atoms with Crippen LogP contribution in [0.15, 0.2) is 47.1 Å². The van der Waals surface area contributed by atoms with E-state index >= 15 is 0 Å². The van der Waals surface area contributed by atoms with Crippen LogP contribution >= 0.6 is 0 Å². The third kappa shape index (κ3) is 7.73. The van der Waals surface area contributed by atoms with E-state index in [0.29, 0.717) is 30.0 Å². The number of hydrogen-bond donors (Lipinski definition) is 0. The van der Waals surface area contributed by atoms with E-state index in [9.17, 15) is 4.79 Å². The Balaban J connectivity index is 1.31. The maximum atomic E-state index is 13.7. The Morgan fingerprint density at radius 3 is 2.22 bits per heavy atom. The van der Waals surface area contributed by atoms with Gasteiger partial charge >= 0.3 is 6.01 Å². The second-order valence-corrected chi connectivity index (χ2v) is 14.5. The van der Waals surface area contributed by atoms with Crippen molar-refractivity contribution in [2.75, 3.05) is 13.7 Å². The van der Waals surface area contributed by atoms with Gasteiger partial charge in [-0.05, 0) is 80.3 Å². The van der Waals surface area contributed by atoms with Gasteiger partial charge in [0, 0.05) is 48.8 Å². The lowest BCUT2D eigenvalue weighted by atomic mass is 9.72. The summed E-state index contributed by atoms with van der Waals surface area (Å²) in [7, 11) is 1.54. The summed E-state index contributed by atoms with van der Waals surface area (Å²) in [6.07, 6.45) is 15.2. The van der Waals surface area contributed by atoms with Crippen LogP contribution in [0.2, 0.25) is 0 Å². The van der Waals surface area contributed by atoms with Crippen molar-refractivity contribution in [2.24, 2.45) is 22.7 Å². The van der Waals surface area contributed by atoms with Gasteiger partial charge in [0.25, 0.3) is 0 Å². The van der Waals surface area contributed by atoms with Crippen molar-refractivity contribution in [3.63, 3.8) is 0 Å². The average molecular weight is 624 g/mol. The van der Waals surface area contributed by atoms with Gasteiger partial charge in [0.05, 0.1) is 48.6 Å². The molecule has 5 rings (SSSR count). The van der Waals surface area contributed by atoms with E-state index in [1.807, 2.05) is 6.20 Å². The quantitative estimate of drug-likeness (QED) is 0.218. The maximum Gasteiger partial charge on any atom is 0.316 e. The van der Waals surface area contributed by atoms with Crippen molar-refractivity contribution in [1.82, 2.24) is 29.9 Å². The van der Waals surface area contributed by atoms with Crippen LogP contribution in [0, 0.1) is 17.8 Å². The molecule has 0 bridgehead atoms. The SMILES string of the molecule is COc1ncc(-c2cnc(C(C(=O)CCC(C)C)C3CCC(Cc4ncc(C(C)(C)C)c(C5=NCC(C)=C5C)n4)CC3)cn2)cn1. The summed E-state index contributed by atoms with van der Waals surface area (Å²) in [6, 6.07) is 0.305. The molecule has 0 aromatic carbocycles. The molecular formula is C37H49N7O2. The lowest BCUT2D eigenvalue weighted by Crippen LogP contribution is -2.28. The Morgan fingerprint density at radius 2 is 1.65 bits per heavy atom. The lowest BCUT2D eigenvalue weighted by Gasteiger charge is -2.33. The van der Waals surface area contributed by atoms with Gasteiger partial charge in [-0.3, -0.25) is 19.8 Å². The van der Waals surface area contributed by atoms with Gasteiger partial charge in [0.15, 0.2) is 0 Å². The van der Waals surface area contributed by atoms with Crippen LogP contribution in [-0.2, 0) is 16.6 Å². The summed E-state index contributed by atoms with van der Waals surface area (Å²) < 4.78 is 5.07. The summed E-state index contributed by atoms with van der Waals surface area (Å²) in [5, 5.41) is 0. The fourth-order valence-corrected chi connectivity index (χ4v) is 6.58. The Bertz CT molecular complexity index is 1580. The predicted molar refractivity (Wildman–Crippen MR) is 181 cm³/mol. The number of carbonyl (C=O) groups is 1. The third-order valence-corrected chi connectivity index (χ3v) is 9.59. The summed E-state index contributed by atoms with van der Waals surface area (Å²) in [4.78, 5) is 46.4. The molecule has 0 N–H and O–H groups in total. The number of nitrogens with zero attached hydrogens (tertiary/aromatic N) is 7. The molecule has 0 radical (unpaired) electrons. The van der Waals surface area contributed by atoms with Gasteiger partial charge in [0.1, 0.15) is 11.6 Å². The fraction of sp³-hybridized carbons (Fsp3) is 0.568. The number of aromatic nitrogens is 6. The molecule has 2 aliphatic rings. The van der Waals surface area contributed by atoms with E-state index in [2.05, 4.69) is 63.4 Å². The molecule has 3 aromatic heterocycles. The van der Waals surface area contributed by atoms with Crippen LogP contribution in [0.3, 0.4) is 0 Å². The van der Waals surface area contributed by atoms with Crippen molar-refractivity contribution < 1.29 is 9.53 Å². The summed E-state index contributed by atoms with van der Waals surface area (Å²) in [5.41, 5.74) is 7.79. The van der Waals surface area contributed by atoms with Crippen LogP contribution in [0.25, 0.3) is 11.3 Å². The minimum atomic E-state index is -0.249. The van der Waals surface area contributed by atoms with E-state index < -0.39 is 0 Å². The minimum Gasteiger partial charge on any atom is -0.467 e. The molecule has 1 saturated carbocycles. The molecule has 0 amide bonds. The zero-order chi connectivity index (χ0) is 33.0. The number of hydrogen-bond acceptors (Lipinski definition) is 9. The van der Waals surface area contributed by atoms with E-state index in [1.54, 1.807) is 24.8 Å². The molecule has 1 atom stereocenters. The molecule has 244 valence electrons. The first kappa shape index (κ1) is 33.5. The fourth-order valence-electron chi connectivity index (χ4n) is 6.58. The van der Waals surface area contributed by atoms with Crippen LogP contribution < -0.4 is 4.74 Å². The molecule has 0 saturated heterocycles. The largest absolute Gasteiger partial charge is 0.467 e. The number of allylic oxidation sites excluding steroid dienone is 1. The first-order chi connectivity index (χ1) is 21.9. The standard InChI is InChI=1S/C37H49N7O2/c1-22(2)9-14-31(45)33(30-21-38-29(20-39-30)27-17-42-36(46-8)43-18-27)26-12-10-25(11-13-26)15-32-40-19-28(37(5,6)7)35(44-32)34-24(4)23(3)16-41-34/h17-22,25-26,33H,9-16H2,1-8H3. The number of methoxy groups -OCH3 is 1. The van der Waals surface area contributed by atoms with Crippen molar-refractivity contribution in [2.45, 2.75) is 105 Å². The van der Waals surface area contributed by atoms with E-state index in [4.69, 9.17) is 24.7 Å². The topological polar surface area (TPSA) is 116 Å². The van der Waals surface area contributed by atoms with Gasteiger partial charge in [-0.1, -0.05) is 34.6 Å². The molecular weight excluding hydrogens is 574 g/mol. The highest BCUT2D eigenvalue weighted by Crippen LogP contribution is 2.40. The maximum absolute atomic E-state index is 13.7. The highest BCUT2D eigenvalue weighted by Gasteiger charge is 2.35. The van der Waals surface area contributed by atoms with E-state index in [1.165, 1.54) is 18.3 Å². The lowest BCUT2D eigenvalue weighted by molar-refractivity contribution is -0.122. The second kappa shape index (κ2) is 14.3. The summed E-state index contributed by atoms with van der Waals surface area (Å²) in [6.45, 7) is 16.0. The Morgan fingerprint density at radius 1 is 0.935 bits per heavy atom. The highest BCUT2D eigenvalue weighted by molar-refractivity contribution is 6.13. The molecule has 1 unspecified atom stereocenters. The number of carbonyl (C=O) groups excluding carboxylic acids is 1. The smallest absolute Gasteiger partial charge is 0.316 e. The minimum absolute atomic E-state index is 0.0775. The summed E-state index contributed by atoms with van der Waals surface area (Å²) >= 11 is 0. The van der Waals surface area contributed by atoms with Gasteiger partial charge in [0.2, 0.25) is 0 Å². The Hall–Kier alpha value is -3.88. The molecule has 46 heavy (non-hydrogen) atoms. The second-order valence-electron chi connectivity index (χ2n) is 14.5. The molecule has 1 fully saturated rings. The van der Waals surface area contributed by atoms with Crippen LogP contribution in [0.5, 0.6) is 6.01 Å². The number of ketones is 1. The molecule has 1 aliphatic carbocycles. The molecule has 9 nitrogen and oxygen atoms in total. The van der Waals surface area contributed by atoms with E-state index in [0.717, 1.165) is 79.1 Å². The molecule has 0 spiro atoms. The zero-order valence-corrected chi connectivity index (χ0v) is 28.8. The first-order valence-electron chi connectivity index (χ1n) is 16.7. The number of aliphatic imine (C=N–C) groups is 1.